The molecule has 3 rings (SSSR count). The number of nitro benzene ring substituents is 1. The molecular weight excluding hydrogens is 346 g/mol. The average Bonchev–Trinajstić information content (AvgIpc) is 3.24. The van der Waals surface area contributed by atoms with Crippen molar-refractivity contribution in [2.45, 2.75) is 43.5 Å². The van der Waals surface area contributed by atoms with Gasteiger partial charge in [-0.25, -0.2) is 8.42 Å². The van der Waals surface area contributed by atoms with E-state index >= 15 is 0 Å². The van der Waals surface area contributed by atoms with Crippen molar-refractivity contribution < 1.29 is 17.9 Å². The maximum Gasteiger partial charge on any atom is 0.269 e. The lowest BCUT2D eigenvalue weighted by molar-refractivity contribution is -0.384. The molecule has 1 aromatic heterocycles. The van der Waals surface area contributed by atoms with Gasteiger partial charge in [0.2, 0.25) is 10.0 Å². The van der Waals surface area contributed by atoms with Crippen LogP contribution in [0.5, 0.6) is 0 Å². The summed E-state index contributed by atoms with van der Waals surface area (Å²) in [6, 6.07) is 6.40. The first kappa shape index (κ1) is 17.6. The lowest BCUT2D eigenvalue weighted by Crippen LogP contribution is -2.30. The van der Waals surface area contributed by atoms with Crippen molar-refractivity contribution >= 4 is 15.7 Å². The van der Waals surface area contributed by atoms with Gasteiger partial charge in [-0.05, 0) is 31.4 Å². The van der Waals surface area contributed by atoms with E-state index in [9.17, 15) is 18.5 Å². The third-order valence-electron chi connectivity index (χ3n) is 4.27. The molecule has 1 aromatic carbocycles. The van der Waals surface area contributed by atoms with E-state index in [1.54, 1.807) is 0 Å². The van der Waals surface area contributed by atoms with Crippen LogP contribution in [0.1, 0.15) is 43.7 Å². The standard InChI is InChI=1S/C16H19N3O5S/c1-2-4-13-11-15(17-24-13)16-5-3-10-18(16)25(22,23)14-8-6-12(7-9-14)19(20)21/h6-9,11,16H,2-5,10H2,1H3. The van der Waals surface area contributed by atoms with Crippen LogP contribution < -0.4 is 0 Å². The summed E-state index contributed by atoms with van der Waals surface area (Å²) in [4.78, 5) is 10.2. The lowest BCUT2D eigenvalue weighted by atomic mass is 10.1. The van der Waals surface area contributed by atoms with Gasteiger partial charge in [0.05, 0.1) is 15.9 Å². The highest BCUT2D eigenvalue weighted by Gasteiger charge is 2.38. The van der Waals surface area contributed by atoms with Gasteiger partial charge in [0.1, 0.15) is 11.5 Å². The first-order valence-corrected chi connectivity index (χ1v) is 9.59. The number of hydrogen-bond acceptors (Lipinski definition) is 6. The second-order valence-corrected chi connectivity index (χ2v) is 7.88. The SMILES string of the molecule is CCCc1cc(C2CCCN2S(=O)(=O)c2ccc([N+](=O)[O-])cc2)no1. The first-order valence-electron chi connectivity index (χ1n) is 8.15. The lowest BCUT2D eigenvalue weighted by Gasteiger charge is -2.22. The minimum Gasteiger partial charge on any atom is -0.361 e. The zero-order chi connectivity index (χ0) is 18.0. The van der Waals surface area contributed by atoms with Crippen molar-refractivity contribution in [2.75, 3.05) is 6.54 Å². The Bertz CT molecular complexity index is 860. The summed E-state index contributed by atoms with van der Waals surface area (Å²) >= 11 is 0. The summed E-state index contributed by atoms with van der Waals surface area (Å²) in [5.41, 5.74) is 0.476. The van der Waals surface area contributed by atoms with Crippen LogP contribution in [-0.2, 0) is 16.4 Å². The number of nitro groups is 1. The number of rotatable bonds is 6. The molecule has 0 bridgehead atoms. The topological polar surface area (TPSA) is 107 Å². The van der Waals surface area contributed by atoms with Gasteiger partial charge in [0, 0.05) is 31.2 Å². The number of aryl methyl sites for hydroxylation is 1. The first-order chi connectivity index (χ1) is 11.9. The fourth-order valence-electron chi connectivity index (χ4n) is 3.05. The van der Waals surface area contributed by atoms with Crippen molar-refractivity contribution in [1.29, 1.82) is 0 Å². The summed E-state index contributed by atoms with van der Waals surface area (Å²) < 4.78 is 32.5. The zero-order valence-corrected chi connectivity index (χ0v) is 14.6. The normalized spacial score (nSPS) is 18.5. The number of nitrogens with zero attached hydrogens (tertiary/aromatic N) is 3. The number of aromatic nitrogens is 1. The summed E-state index contributed by atoms with van der Waals surface area (Å²) in [5.74, 6) is 0.747. The van der Waals surface area contributed by atoms with Gasteiger partial charge < -0.3 is 4.52 Å². The predicted molar refractivity (Wildman–Crippen MR) is 89.5 cm³/mol. The van der Waals surface area contributed by atoms with Crippen LogP contribution in [0.15, 0.2) is 39.8 Å². The molecular formula is C16H19N3O5S. The molecule has 0 spiro atoms. The largest absolute Gasteiger partial charge is 0.361 e. The molecule has 25 heavy (non-hydrogen) atoms. The molecule has 0 aliphatic carbocycles. The minimum absolute atomic E-state index is 0.0438. The molecule has 0 radical (unpaired) electrons. The second kappa shape index (κ2) is 6.93. The van der Waals surface area contributed by atoms with Gasteiger partial charge in [-0.2, -0.15) is 4.31 Å². The van der Waals surface area contributed by atoms with E-state index in [1.807, 2.05) is 13.0 Å². The third-order valence-corrected chi connectivity index (χ3v) is 6.20. The Kier molecular flexibility index (Phi) is 4.87. The van der Waals surface area contributed by atoms with E-state index in [2.05, 4.69) is 5.16 Å². The maximum absolute atomic E-state index is 12.9. The van der Waals surface area contributed by atoms with Gasteiger partial charge in [0.25, 0.3) is 5.69 Å². The van der Waals surface area contributed by atoms with E-state index in [4.69, 9.17) is 4.52 Å². The van der Waals surface area contributed by atoms with E-state index in [0.29, 0.717) is 18.7 Å². The van der Waals surface area contributed by atoms with Crippen LogP contribution in [0.4, 0.5) is 5.69 Å². The van der Waals surface area contributed by atoms with Crippen molar-refractivity contribution in [1.82, 2.24) is 9.46 Å². The molecule has 1 aliphatic heterocycles. The summed E-state index contributed by atoms with van der Waals surface area (Å²) in [6.07, 6.45) is 3.08. The van der Waals surface area contributed by atoms with E-state index < -0.39 is 14.9 Å². The quantitative estimate of drug-likeness (QED) is 0.575. The molecule has 1 atom stereocenters. The van der Waals surface area contributed by atoms with Crippen molar-refractivity contribution in [3.63, 3.8) is 0 Å². The van der Waals surface area contributed by atoms with Crippen LogP contribution in [0.3, 0.4) is 0 Å². The molecule has 1 saturated heterocycles. The summed E-state index contributed by atoms with van der Waals surface area (Å²) in [5, 5.41) is 14.8. The van der Waals surface area contributed by atoms with Crippen LogP contribution in [0, 0.1) is 10.1 Å². The van der Waals surface area contributed by atoms with Crippen LogP contribution in [-0.4, -0.2) is 29.3 Å². The van der Waals surface area contributed by atoms with E-state index in [-0.39, 0.29) is 16.6 Å². The molecule has 2 heterocycles. The van der Waals surface area contributed by atoms with E-state index in [1.165, 1.54) is 28.6 Å². The Hall–Kier alpha value is -2.26. The van der Waals surface area contributed by atoms with Crippen molar-refractivity contribution in [3.8, 4) is 0 Å². The molecule has 2 aromatic rings. The molecule has 1 fully saturated rings. The number of benzene rings is 1. The van der Waals surface area contributed by atoms with Crippen LogP contribution >= 0.6 is 0 Å². The Morgan fingerprint density at radius 3 is 2.72 bits per heavy atom. The van der Waals surface area contributed by atoms with Gasteiger partial charge in [-0.15, -0.1) is 0 Å². The molecule has 134 valence electrons. The number of hydrogen-bond donors (Lipinski definition) is 0. The summed E-state index contributed by atoms with van der Waals surface area (Å²) in [6.45, 7) is 2.42. The molecule has 0 saturated carbocycles. The number of sulfonamides is 1. The fourth-order valence-corrected chi connectivity index (χ4v) is 4.72. The Labute approximate surface area is 145 Å². The Morgan fingerprint density at radius 1 is 1.36 bits per heavy atom. The van der Waals surface area contributed by atoms with Gasteiger partial charge in [0.15, 0.2) is 0 Å². The molecule has 1 aliphatic rings. The summed E-state index contributed by atoms with van der Waals surface area (Å²) in [7, 11) is -3.75. The van der Waals surface area contributed by atoms with Gasteiger partial charge in [-0.3, -0.25) is 10.1 Å². The number of non-ortho nitro benzene ring substituents is 1. The Balaban J connectivity index is 1.88. The third kappa shape index (κ3) is 3.42. The molecule has 1 unspecified atom stereocenters. The Morgan fingerprint density at radius 2 is 2.08 bits per heavy atom. The average molecular weight is 365 g/mol. The molecule has 0 amide bonds. The second-order valence-electron chi connectivity index (χ2n) is 5.99. The zero-order valence-electron chi connectivity index (χ0n) is 13.8. The highest BCUT2D eigenvalue weighted by Crippen LogP contribution is 2.36. The van der Waals surface area contributed by atoms with Gasteiger partial charge >= 0.3 is 0 Å². The predicted octanol–water partition coefficient (Wildman–Crippen LogP) is 3.06. The highest BCUT2D eigenvalue weighted by molar-refractivity contribution is 7.89. The maximum atomic E-state index is 12.9. The van der Waals surface area contributed by atoms with Crippen molar-refractivity contribution in [2.24, 2.45) is 0 Å². The van der Waals surface area contributed by atoms with Crippen LogP contribution in [0.2, 0.25) is 0 Å². The highest BCUT2D eigenvalue weighted by atomic mass is 32.2. The molecule has 0 N–H and O–H groups in total. The molecule has 9 heteroatoms. The fraction of sp³-hybridized carbons (Fsp3) is 0.438. The van der Waals surface area contributed by atoms with Crippen LogP contribution in [0.25, 0.3) is 0 Å². The molecule has 8 nitrogen and oxygen atoms in total. The van der Waals surface area contributed by atoms with Crippen molar-refractivity contribution in [3.05, 3.63) is 51.9 Å². The van der Waals surface area contributed by atoms with Gasteiger partial charge in [-0.1, -0.05) is 12.1 Å². The monoisotopic (exact) mass is 365 g/mol. The van der Waals surface area contributed by atoms with E-state index in [0.717, 1.165) is 25.0 Å². The smallest absolute Gasteiger partial charge is 0.269 e. The minimum atomic E-state index is -3.75.